The Kier molecular flexibility index (Phi) is 8.03. The molecule has 0 atom stereocenters. The van der Waals surface area contributed by atoms with Gasteiger partial charge in [-0.1, -0.05) is 35.9 Å². The first kappa shape index (κ1) is 25.6. The van der Waals surface area contributed by atoms with Gasteiger partial charge in [-0.25, -0.2) is 9.97 Å². The van der Waals surface area contributed by atoms with E-state index in [-0.39, 0.29) is 11.9 Å². The molecule has 0 unspecified atom stereocenters. The summed E-state index contributed by atoms with van der Waals surface area (Å²) in [6, 6.07) is 14.6. The number of fused-ring (bicyclic) bond motifs is 1. The quantitative estimate of drug-likeness (QED) is 0.276. The van der Waals surface area contributed by atoms with E-state index in [0.717, 1.165) is 58.2 Å². The van der Waals surface area contributed by atoms with Crippen molar-refractivity contribution in [1.82, 2.24) is 20.2 Å². The van der Waals surface area contributed by atoms with Crippen LogP contribution < -0.4 is 10.1 Å². The highest BCUT2D eigenvalue weighted by Crippen LogP contribution is 2.38. The zero-order valence-electron chi connectivity index (χ0n) is 21.1. The fourth-order valence-electron chi connectivity index (χ4n) is 5.14. The van der Waals surface area contributed by atoms with Crippen molar-refractivity contribution < 1.29 is 9.53 Å². The number of hydrogen-bond donors (Lipinski definition) is 1. The number of amides is 1. The van der Waals surface area contributed by atoms with Crippen molar-refractivity contribution in [1.29, 1.82) is 0 Å². The summed E-state index contributed by atoms with van der Waals surface area (Å²) in [7, 11) is 2.01. The number of ether oxygens (including phenoxy) is 1. The molecule has 0 aliphatic heterocycles. The van der Waals surface area contributed by atoms with E-state index in [4.69, 9.17) is 16.3 Å². The molecule has 2 aromatic heterocycles. The van der Waals surface area contributed by atoms with Crippen LogP contribution >= 0.6 is 22.9 Å². The number of aromatic nitrogens is 2. The molecule has 0 radical (unpaired) electrons. The molecule has 4 aromatic rings. The van der Waals surface area contributed by atoms with Gasteiger partial charge in [-0.3, -0.25) is 4.79 Å². The second-order valence-electron chi connectivity index (χ2n) is 9.35. The molecular weight excluding hydrogens is 504 g/mol. The van der Waals surface area contributed by atoms with Gasteiger partial charge in [0.25, 0.3) is 5.91 Å². The molecule has 1 N–H and O–H groups in total. The van der Waals surface area contributed by atoms with Crippen LogP contribution in [0.4, 0.5) is 0 Å². The van der Waals surface area contributed by atoms with Gasteiger partial charge in [0.05, 0.1) is 11.6 Å². The van der Waals surface area contributed by atoms with E-state index in [0.29, 0.717) is 29.1 Å². The number of benzene rings is 2. The molecule has 2 aromatic carbocycles. The highest BCUT2D eigenvalue weighted by molar-refractivity contribution is 7.21. The third-order valence-electron chi connectivity index (χ3n) is 7.13. The predicted octanol–water partition coefficient (Wildman–Crippen LogP) is 6.58. The zero-order valence-corrected chi connectivity index (χ0v) is 22.7. The van der Waals surface area contributed by atoms with Crippen LogP contribution in [-0.4, -0.2) is 46.5 Å². The minimum atomic E-state index is -0.0185. The fourth-order valence-corrected chi connectivity index (χ4v) is 6.60. The van der Waals surface area contributed by atoms with Gasteiger partial charge in [-0.2, -0.15) is 0 Å². The van der Waals surface area contributed by atoms with E-state index >= 15 is 0 Å². The predicted molar refractivity (Wildman–Crippen MR) is 150 cm³/mol. The number of nitrogens with one attached hydrogen (secondary N) is 1. The van der Waals surface area contributed by atoms with Gasteiger partial charge in [0.15, 0.2) is 0 Å². The van der Waals surface area contributed by atoms with Crippen molar-refractivity contribution in [2.24, 2.45) is 0 Å². The van der Waals surface area contributed by atoms with Crippen LogP contribution in [0.1, 0.15) is 47.8 Å². The highest BCUT2D eigenvalue weighted by Gasteiger charge is 2.32. The van der Waals surface area contributed by atoms with Crippen LogP contribution in [-0.2, 0) is 6.54 Å². The normalized spacial score (nSPS) is 17.6. The monoisotopic (exact) mass is 534 g/mol. The summed E-state index contributed by atoms with van der Waals surface area (Å²) in [5.41, 5.74) is 2.88. The number of hydrogen-bond acceptors (Lipinski definition) is 6. The Balaban J connectivity index is 1.53. The molecule has 1 aliphatic carbocycles. The van der Waals surface area contributed by atoms with E-state index in [1.807, 2.05) is 55.3 Å². The molecule has 1 aliphatic rings. The lowest BCUT2D eigenvalue weighted by Gasteiger charge is -2.37. The summed E-state index contributed by atoms with van der Waals surface area (Å²) in [6.07, 6.45) is 9.06. The summed E-state index contributed by atoms with van der Waals surface area (Å²) >= 11 is 8.26. The first-order valence-corrected chi connectivity index (χ1v) is 13.9. The van der Waals surface area contributed by atoms with Crippen molar-refractivity contribution in [3.63, 3.8) is 0 Å². The fraction of sp³-hybridized carbons (Fsp3) is 0.345. The third kappa shape index (κ3) is 5.49. The van der Waals surface area contributed by atoms with Gasteiger partial charge < -0.3 is 15.0 Å². The molecule has 1 amide bonds. The summed E-state index contributed by atoms with van der Waals surface area (Å²) in [4.78, 5) is 25.2. The largest absolute Gasteiger partial charge is 0.494 e. The zero-order chi connectivity index (χ0) is 25.8. The summed E-state index contributed by atoms with van der Waals surface area (Å²) in [5.74, 6) is 0.766. The van der Waals surface area contributed by atoms with Gasteiger partial charge >= 0.3 is 0 Å². The van der Waals surface area contributed by atoms with E-state index in [1.54, 1.807) is 12.4 Å². The molecule has 0 spiro atoms. The van der Waals surface area contributed by atoms with Gasteiger partial charge in [-0.05, 0) is 63.4 Å². The van der Waals surface area contributed by atoms with E-state index in [9.17, 15) is 4.79 Å². The minimum Gasteiger partial charge on any atom is -0.494 e. The topological polar surface area (TPSA) is 67.4 Å². The lowest BCUT2D eigenvalue weighted by Crippen LogP contribution is -2.44. The number of carbonyl (C=O) groups excluding carboxylic acids is 1. The Morgan fingerprint density at radius 2 is 1.86 bits per heavy atom. The lowest BCUT2D eigenvalue weighted by molar-refractivity contribution is 0.0604. The van der Waals surface area contributed by atoms with Crippen molar-refractivity contribution >= 4 is 38.9 Å². The summed E-state index contributed by atoms with van der Waals surface area (Å²) in [6.45, 7) is 2.96. The molecule has 5 rings (SSSR count). The van der Waals surface area contributed by atoms with Crippen molar-refractivity contribution in [3.05, 3.63) is 76.6 Å². The van der Waals surface area contributed by atoms with E-state index in [2.05, 4.69) is 21.4 Å². The number of halogens is 1. The van der Waals surface area contributed by atoms with Crippen LogP contribution in [0.2, 0.25) is 5.02 Å². The minimum absolute atomic E-state index is 0.0185. The number of thiophene rings is 1. The highest BCUT2D eigenvalue weighted by atomic mass is 35.5. The Morgan fingerprint density at radius 3 is 2.57 bits per heavy atom. The maximum absolute atomic E-state index is 14.2. The van der Waals surface area contributed by atoms with Crippen molar-refractivity contribution in [3.8, 4) is 16.9 Å². The second-order valence-corrected chi connectivity index (χ2v) is 10.8. The molecule has 37 heavy (non-hydrogen) atoms. The van der Waals surface area contributed by atoms with Crippen LogP contribution in [0.5, 0.6) is 5.75 Å². The summed E-state index contributed by atoms with van der Waals surface area (Å²) in [5, 5.41) is 4.87. The Bertz CT molecular complexity index is 1370. The summed E-state index contributed by atoms with van der Waals surface area (Å²) < 4.78 is 7.03. The number of rotatable bonds is 8. The molecular formula is C29H31ClN4O2S. The van der Waals surface area contributed by atoms with Gasteiger partial charge in [-0.15, -0.1) is 11.3 Å². The SMILES string of the molecule is CCOc1ccc(-c2cncnc2)cc1CN(C(=O)c1sc2ccccc2c1Cl)[C@H]1CC[C@H](NC)CC1. The number of carbonyl (C=O) groups is 1. The molecule has 1 fully saturated rings. The molecule has 192 valence electrons. The maximum Gasteiger partial charge on any atom is 0.266 e. The van der Waals surface area contributed by atoms with Crippen LogP contribution in [0.25, 0.3) is 21.2 Å². The number of nitrogens with zero attached hydrogens (tertiary/aromatic N) is 3. The van der Waals surface area contributed by atoms with Crippen LogP contribution in [0, 0.1) is 0 Å². The van der Waals surface area contributed by atoms with Crippen LogP contribution in [0.3, 0.4) is 0 Å². The second kappa shape index (κ2) is 11.6. The molecule has 2 heterocycles. The van der Waals surface area contributed by atoms with Crippen molar-refractivity contribution in [2.45, 2.75) is 51.2 Å². The molecule has 1 saturated carbocycles. The van der Waals surface area contributed by atoms with E-state index < -0.39 is 0 Å². The third-order valence-corrected chi connectivity index (χ3v) is 8.79. The van der Waals surface area contributed by atoms with Gasteiger partial charge in [0.1, 0.15) is 17.0 Å². The Hall–Kier alpha value is -3.00. The smallest absolute Gasteiger partial charge is 0.266 e. The van der Waals surface area contributed by atoms with Crippen molar-refractivity contribution in [2.75, 3.05) is 13.7 Å². The van der Waals surface area contributed by atoms with Crippen LogP contribution in [0.15, 0.2) is 61.2 Å². The van der Waals surface area contributed by atoms with Gasteiger partial charge in [0.2, 0.25) is 0 Å². The Morgan fingerprint density at radius 1 is 1.11 bits per heavy atom. The molecule has 8 heteroatoms. The first-order valence-electron chi connectivity index (χ1n) is 12.8. The average Bonchev–Trinajstić information content (AvgIpc) is 3.29. The molecule has 0 bridgehead atoms. The molecule has 6 nitrogen and oxygen atoms in total. The standard InChI is InChI=1S/C29H31ClN4O2S/c1-3-36-25-13-8-19(21-15-32-18-33-16-21)14-20(25)17-34(23-11-9-22(31-2)10-12-23)29(35)28-27(30)24-6-4-5-7-26(24)37-28/h4-8,13-16,18,22-23,31H,3,9-12,17H2,1-2H3/t22-,23-. The van der Waals surface area contributed by atoms with Gasteiger partial charge in [0, 0.05) is 52.2 Å². The Labute approximate surface area is 226 Å². The lowest BCUT2D eigenvalue weighted by atomic mass is 9.89. The van der Waals surface area contributed by atoms with E-state index in [1.165, 1.54) is 17.7 Å². The maximum atomic E-state index is 14.2. The molecule has 0 saturated heterocycles. The average molecular weight is 535 g/mol. The first-order chi connectivity index (χ1) is 18.1.